The molecule has 0 aliphatic heterocycles. The van der Waals surface area contributed by atoms with Crippen molar-refractivity contribution in [1.29, 1.82) is 0 Å². The molecule has 0 radical (unpaired) electrons. The summed E-state index contributed by atoms with van der Waals surface area (Å²) in [6.45, 7) is 0. The van der Waals surface area contributed by atoms with Gasteiger partial charge < -0.3 is 0 Å². The molecule has 0 spiro atoms. The predicted molar refractivity (Wildman–Crippen MR) is 11.5 cm³/mol. The Hall–Kier alpha value is 0.558. The summed E-state index contributed by atoms with van der Waals surface area (Å²) in [4.78, 5) is 8.99. The normalized spacial score (nSPS) is 4.25. The maximum atomic E-state index is 8.99. The molecule has 0 aliphatic carbocycles. The first-order valence-electron chi connectivity index (χ1n) is 0.563. The SMILES string of the molecule is O=[C]=[W][Cl]. The van der Waals surface area contributed by atoms with Crippen LogP contribution in [0.25, 0.3) is 0 Å². The van der Waals surface area contributed by atoms with Crippen LogP contribution in [0.4, 0.5) is 0 Å². The van der Waals surface area contributed by atoms with Crippen molar-refractivity contribution in [2.45, 2.75) is 0 Å². The Labute approximate surface area is 35.9 Å². The molecule has 0 aromatic carbocycles. The minimum absolute atomic E-state index is 1.09. The molecule has 0 aromatic rings. The van der Waals surface area contributed by atoms with Crippen LogP contribution in [0.3, 0.4) is 0 Å². The summed E-state index contributed by atoms with van der Waals surface area (Å²) in [6, 6.07) is 0. The monoisotopic (exact) mass is 247 g/mol. The van der Waals surface area contributed by atoms with Crippen molar-refractivity contribution in [3.8, 4) is 0 Å². The molecule has 23 valence electrons. The van der Waals surface area contributed by atoms with Crippen molar-refractivity contribution in [2.24, 2.45) is 0 Å². The summed E-state index contributed by atoms with van der Waals surface area (Å²) in [5.74, 6) is 0. The van der Waals surface area contributed by atoms with Crippen molar-refractivity contribution in [3.63, 3.8) is 0 Å². The van der Waals surface area contributed by atoms with E-state index in [9.17, 15) is 0 Å². The van der Waals surface area contributed by atoms with E-state index in [1.54, 1.807) is 4.27 Å². The van der Waals surface area contributed by atoms with E-state index in [1.807, 2.05) is 0 Å². The fourth-order valence-corrected chi connectivity index (χ4v) is 0. The molecule has 0 aliphatic rings. The Balaban J connectivity index is 3.11. The molecule has 0 saturated heterocycles. The van der Waals surface area contributed by atoms with Crippen LogP contribution < -0.4 is 0 Å². The number of carbonyl (C=O) groups excluding carboxylic acids is 1. The van der Waals surface area contributed by atoms with Gasteiger partial charge in [0.05, 0.1) is 0 Å². The molecule has 4 heavy (non-hydrogen) atoms. The first-order valence-corrected chi connectivity index (χ1v) is 5.66. The van der Waals surface area contributed by atoms with Gasteiger partial charge in [0.25, 0.3) is 0 Å². The van der Waals surface area contributed by atoms with Crippen LogP contribution in [0.1, 0.15) is 0 Å². The van der Waals surface area contributed by atoms with E-state index in [-0.39, 0.29) is 0 Å². The van der Waals surface area contributed by atoms with Gasteiger partial charge in [-0.3, -0.25) is 0 Å². The van der Waals surface area contributed by atoms with Crippen molar-refractivity contribution >= 4 is 13.7 Å². The summed E-state index contributed by atoms with van der Waals surface area (Å²) in [7, 11) is 4.93. The van der Waals surface area contributed by atoms with Gasteiger partial charge in [-0.05, 0) is 0 Å². The Kier molecular flexibility index (Phi) is 4.05. The molecule has 1 nitrogen and oxygen atoms in total. The molecule has 0 unspecified atom stereocenters. The van der Waals surface area contributed by atoms with Gasteiger partial charge in [0.1, 0.15) is 0 Å². The zero-order valence-corrected chi connectivity index (χ0v) is 5.38. The number of hydrogen-bond acceptors (Lipinski definition) is 1. The number of hydrogen-bond donors (Lipinski definition) is 0. The number of halogens is 1. The molecule has 0 saturated carbocycles. The van der Waals surface area contributed by atoms with E-state index in [0.29, 0.717) is 0 Å². The van der Waals surface area contributed by atoms with Gasteiger partial charge in [0, 0.05) is 0 Å². The van der Waals surface area contributed by atoms with Crippen LogP contribution in [0, 0.1) is 0 Å². The Bertz CT molecular complexity index is 46.0. The van der Waals surface area contributed by atoms with Gasteiger partial charge in [-0.1, -0.05) is 0 Å². The molecule has 0 N–H and O–H groups in total. The molecular formula is CClOW. The van der Waals surface area contributed by atoms with Crippen LogP contribution >= 0.6 is 9.42 Å². The average molecular weight is 247 g/mol. The fraction of sp³-hybridized carbons (Fsp3) is 0. The van der Waals surface area contributed by atoms with Crippen LogP contribution in [-0.2, 0) is 21.9 Å². The summed E-state index contributed by atoms with van der Waals surface area (Å²) < 4.78 is 1.61. The van der Waals surface area contributed by atoms with Gasteiger partial charge in [-0.25, -0.2) is 0 Å². The zero-order chi connectivity index (χ0) is 3.41. The van der Waals surface area contributed by atoms with Gasteiger partial charge in [0.2, 0.25) is 0 Å². The summed E-state index contributed by atoms with van der Waals surface area (Å²) in [5, 5.41) is 0. The minimum atomic E-state index is -1.09. The van der Waals surface area contributed by atoms with E-state index in [1.165, 1.54) is 0 Å². The molecule has 0 fully saturated rings. The molecule has 3 heteroatoms. The van der Waals surface area contributed by atoms with E-state index < -0.39 is 17.1 Å². The molecular weight excluding hydrogens is 247 g/mol. The van der Waals surface area contributed by atoms with Crippen molar-refractivity contribution in [3.05, 3.63) is 0 Å². The fourth-order valence-electron chi connectivity index (χ4n) is 0. The molecule has 0 aromatic heterocycles. The van der Waals surface area contributed by atoms with Gasteiger partial charge in [-0.15, -0.1) is 0 Å². The predicted octanol–water partition coefficient (Wildman–Crippen LogP) is 0.290. The van der Waals surface area contributed by atoms with Gasteiger partial charge in [0.15, 0.2) is 0 Å². The van der Waals surface area contributed by atoms with Crippen molar-refractivity contribution < 1.29 is 21.9 Å². The third-order valence-electron chi connectivity index (χ3n) is 0.0315. The van der Waals surface area contributed by atoms with Gasteiger partial charge >= 0.3 is 35.5 Å². The third-order valence-corrected chi connectivity index (χ3v) is 0.773. The standard InChI is InChI=1S/CO.ClH.W/c1-2;;/h;1H;/q;;+1/p-1. The first-order chi connectivity index (χ1) is 1.91. The summed E-state index contributed by atoms with van der Waals surface area (Å²) in [6.07, 6.45) is 0. The van der Waals surface area contributed by atoms with Crippen LogP contribution in [0.15, 0.2) is 0 Å². The second-order valence-electron chi connectivity index (χ2n) is 0.160. The second-order valence-corrected chi connectivity index (χ2v) is 2.58. The van der Waals surface area contributed by atoms with Crippen molar-refractivity contribution in [2.75, 3.05) is 0 Å². The maximum absolute atomic E-state index is 8.99. The van der Waals surface area contributed by atoms with Crippen LogP contribution in [0.2, 0.25) is 0 Å². The quantitative estimate of drug-likeness (QED) is 0.601. The van der Waals surface area contributed by atoms with E-state index in [2.05, 4.69) is 0 Å². The Morgan fingerprint density at radius 2 is 2.25 bits per heavy atom. The molecule has 0 rings (SSSR count). The summed E-state index contributed by atoms with van der Waals surface area (Å²) in [5.41, 5.74) is 0. The van der Waals surface area contributed by atoms with Crippen molar-refractivity contribution in [1.82, 2.24) is 0 Å². The second kappa shape index (κ2) is 3.56. The Morgan fingerprint density at radius 3 is 2.25 bits per heavy atom. The Morgan fingerprint density at radius 1 is 2.00 bits per heavy atom. The first kappa shape index (κ1) is 4.56. The average Bonchev–Trinajstić information content (AvgIpc) is 1.37. The number of rotatable bonds is 0. The summed E-state index contributed by atoms with van der Waals surface area (Å²) >= 11 is -1.09. The third kappa shape index (κ3) is 2.56. The van der Waals surface area contributed by atoms with Gasteiger partial charge in [-0.2, -0.15) is 0 Å². The molecule has 0 bridgehead atoms. The van der Waals surface area contributed by atoms with Crippen LogP contribution in [-0.4, -0.2) is 4.27 Å². The molecule has 0 atom stereocenters. The molecule has 0 amide bonds. The molecule has 0 heterocycles. The van der Waals surface area contributed by atoms with E-state index >= 15 is 0 Å². The van der Waals surface area contributed by atoms with E-state index in [4.69, 9.17) is 14.2 Å². The topological polar surface area (TPSA) is 17.1 Å². The van der Waals surface area contributed by atoms with Crippen LogP contribution in [0.5, 0.6) is 0 Å². The zero-order valence-electron chi connectivity index (χ0n) is 1.69. The van der Waals surface area contributed by atoms with E-state index in [0.717, 1.165) is 0 Å².